The van der Waals surface area contributed by atoms with Crippen LogP contribution in [-0.2, 0) is 6.54 Å². The van der Waals surface area contributed by atoms with Crippen molar-refractivity contribution >= 4 is 17.5 Å². The summed E-state index contributed by atoms with van der Waals surface area (Å²) in [6.45, 7) is 12.6. The molecule has 3 aromatic rings. The fraction of sp³-hybridized carbons (Fsp3) is 0.423. The van der Waals surface area contributed by atoms with Crippen molar-refractivity contribution in [3.63, 3.8) is 0 Å². The van der Waals surface area contributed by atoms with E-state index in [0.717, 1.165) is 41.6 Å². The Morgan fingerprint density at radius 1 is 1.18 bits per heavy atom. The first-order valence-corrected chi connectivity index (χ1v) is 12.8. The predicted octanol–water partition coefficient (Wildman–Crippen LogP) is 5.53. The smallest absolute Gasteiger partial charge is 0.196 e. The van der Waals surface area contributed by atoms with Gasteiger partial charge in [0.05, 0.1) is 11.8 Å². The van der Waals surface area contributed by atoms with Crippen LogP contribution in [0.3, 0.4) is 0 Å². The van der Waals surface area contributed by atoms with E-state index < -0.39 is 0 Å². The lowest BCUT2D eigenvalue weighted by Crippen LogP contribution is -2.33. The number of nitrogens with zero attached hydrogens (tertiary/aromatic N) is 5. The van der Waals surface area contributed by atoms with Gasteiger partial charge in [-0.1, -0.05) is 24.3 Å². The first-order valence-electron chi connectivity index (χ1n) is 11.8. The van der Waals surface area contributed by atoms with Gasteiger partial charge in [-0.25, -0.2) is 4.39 Å². The average Bonchev–Trinajstić information content (AvgIpc) is 3.40. The summed E-state index contributed by atoms with van der Waals surface area (Å²) in [6, 6.07) is 8.37. The molecule has 180 valence electrons. The van der Waals surface area contributed by atoms with Crippen molar-refractivity contribution in [3.8, 4) is 5.69 Å². The monoisotopic (exact) mass is 481 g/mol. The number of aromatic nitrogens is 4. The van der Waals surface area contributed by atoms with E-state index in [1.54, 1.807) is 12.1 Å². The molecule has 1 aliphatic rings. The van der Waals surface area contributed by atoms with E-state index in [0.29, 0.717) is 11.7 Å². The number of halogens is 1. The number of piperidine rings is 1. The maximum absolute atomic E-state index is 13.6. The lowest BCUT2D eigenvalue weighted by atomic mass is 10.1. The molecule has 1 atom stereocenters. The summed E-state index contributed by atoms with van der Waals surface area (Å²) in [5.41, 5.74) is 3.51. The Bertz CT molecular complexity index is 1160. The quantitative estimate of drug-likeness (QED) is 0.228. The standard InChI is InChI=1S/C26H32FN5OS/c1-5-13-31-18(2)16-23(19(31)3)24(33)17-34-26-29-28-25(20(4)30-14-7-6-8-15-30)32(26)22-11-9-21(27)10-12-22/h5,9-12,16,20H,1,6-8,13-15,17H2,2-4H3. The third-order valence-electron chi connectivity index (χ3n) is 6.57. The van der Waals surface area contributed by atoms with Crippen molar-refractivity contribution in [2.45, 2.75) is 57.8 Å². The molecule has 0 saturated carbocycles. The lowest BCUT2D eigenvalue weighted by Gasteiger charge is -2.31. The van der Waals surface area contributed by atoms with Crippen LogP contribution >= 0.6 is 11.8 Å². The molecule has 1 fully saturated rings. The van der Waals surface area contributed by atoms with E-state index in [9.17, 15) is 9.18 Å². The Morgan fingerprint density at radius 2 is 1.88 bits per heavy atom. The fourth-order valence-electron chi connectivity index (χ4n) is 4.65. The van der Waals surface area contributed by atoms with Crippen molar-refractivity contribution in [3.05, 3.63) is 71.6 Å². The maximum atomic E-state index is 13.6. The number of ketones is 1. The van der Waals surface area contributed by atoms with E-state index in [-0.39, 0.29) is 23.4 Å². The number of aryl methyl sites for hydroxylation is 1. The first kappa shape index (κ1) is 24.4. The van der Waals surface area contributed by atoms with Gasteiger partial charge in [0.2, 0.25) is 0 Å². The van der Waals surface area contributed by atoms with Crippen LogP contribution in [0.5, 0.6) is 0 Å². The Kier molecular flexibility index (Phi) is 7.68. The van der Waals surface area contributed by atoms with Gasteiger partial charge in [0.15, 0.2) is 16.8 Å². The van der Waals surface area contributed by atoms with Gasteiger partial charge in [-0.2, -0.15) is 0 Å². The topological polar surface area (TPSA) is 56.0 Å². The minimum absolute atomic E-state index is 0.0488. The molecule has 0 radical (unpaired) electrons. The summed E-state index contributed by atoms with van der Waals surface area (Å²) >= 11 is 1.37. The zero-order valence-corrected chi connectivity index (χ0v) is 20.9. The second kappa shape index (κ2) is 10.7. The summed E-state index contributed by atoms with van der Waals surface area (Å²) < 4.78 is 17.7. The Balaban J connectivity index is 1.61. The highest BCUT2D eigenvalue weighted by atomic mass is 32.2. The molecule has 6 nitrogen and oxygen atoms in total. The fourth-order valence-corrected chi connectivity index (χ4v) is 5.49. The van der Waals surface area contributed by atoms with Gasteiger partial charge in [-0.3, -0.25) is 14.3 Å². The molecule has 0 amide bonds. The predicted molar refractivity (Wildman–Crippen MR) is 134 cm³/mol. The first-order chi connectivity index (χ1) is 16.4. The summed E-state index contributed by atoms with van der Waals surface area (Å²) in [5.74, 6) is 0.817. The number of thioether (sulfide) groups is 1. The molecule has 8 heteroatoms. The Labute approximate surface area is 204 Å². The number of allylic oxidation sites excluding steroid dienone is 1. The van der Waals surface area contributed by atoms with Gasteiger partial charge in [0, 0.05) is 29.2 Å². The number of hydrogen-bond donors (Lipinski definition) is 0. The van der Waals surface area contributed by atoms with Gasteiger partial charge in [-0.15, -0.1) is 16.8 Å². The number of rotatable bonds is 9. The molecule has 1 saturated heterocycles. The summed E-state index contributed by atoms with van der Waals surface area (Å²) in [7, 11) is 0. The normalized spacial score (nSPS) is 15.4. The number of benzene rings is 1. The summed E-state index contributed by atoms with van der Waals surface area (Å²) in [5, 5.41) is 9.62. The van der Waals surface area contributed by atoms with E-state index in [1.165, 1.54) is 43.2 Å². The van der Waals surface area contributed by atoms with Crippen LogP contribution in [0, 0.1) is 19.7 Å². The molecule has 34 heavy (non-hydrogen) atoms. The Morgan fingerprint density at radius 3 is 2.56 bits per heavy atom. The molecule has 0 bridgehead atoms. The molecule has 1 aromatic carbocycles. The SMILES string of the molecule is C=CCn1c(C)cc(C(=O)CSc2nnc(C(C)N3CCCCC3)n2-c2ccc(F)cc2)c1C. The summed E-state index contributed by atoms with van der Waals surface area (Å²) in [6.07, 6.45) is 5.44. The molecule has 2 aromatic heterocycles. The van der Waals surface area contributed by atoms with E-state index in [1.807, 2.05) is 30.6 Å². The molecular weight excluding hydrogens is 449 g/mol. The lowest BCUT2D eigenvalue weighted by molar-refractivity contribution is 0.102. The molecule has 1 unspecified atom stereocenters. The van der Waals surface area contributed by atoms with Crippen LogP contribution in [0.2, 0.25) is 0 Å². The third kappa shape index (κ3) is 5.03. The van der Waals surface area contributed by atoms with Crippen molar-refractivity contribution in [1.29, 1.82) is 0 Å². The van der Waals surface area contributed by atoms with Crippen LogP contribution in [0.25, 0.3) is 5.69 Å². The molecule has 3 heterocycles. The van der Waals surface area contributed by atoms with Crippen LogP contribution in [0.15, 0.2) is 48.1 Å². The second-order valence-electron chi connectivity index (χ2n) is 8.82. The van der Waals surface area contributed by atoms with Gasteiger partial charge in [0.25, 0.3) is 0 Å². The average molecular weight is 482 g/mol. The van der Waals surface area contributed by atoms with Crippen LogP contribution < -0.4 is 0 Å². The van der Waals surface area contributed by atoms with E-state index in [2.05, 4.69) is 33.2 Å². The molecule has 0 N–H and O–H groups in total. The Hall–Kier alpha value is -2.71. The summed E-state index contributed by atoms with van der Waals surface area (Å²) in [4.78, 5) is 15.5. The van der Waals surface area contributed by atoms with Crippen molar-refractivity contribution in [2.75, 3.05) is 18.8 Å². The molecule has 0 spiro atoms. The molecule has 1 aliphatic heterocycles. The van der Waals surface area contributed by atoms with Crippen molar-refractivity contribution in [2.24, 2.45) is 0 Å². The van der Waals surface area contributed by atoms with Crippen molar-refractivity contribution in [1.82, 2.24) is 24.2 Å². The maximum Gasteiger partial charge on any atom is 0.196 e. The van der Waals surface area contributed by atoms with Crippen LogP contribution in [0.4, 0.5) is 4.39 Å². The van der Waals surface area contributed by atoms with Gasteiger partial charge < -0.3 is 4.57 Å². The second-order valence-corrected chi connectivity index (χ2v) is 9.76. The number of likely N-dealkylation sites (tertiary alicyclic amines) is 1. The third-order valence-corrected chi connectivity index (χ3v) is 7.50. The van der Waals surface area contributed by atoms with E-state index >= 15 is 0 Å². The van der Waals surface area contributed by atoms with Gasteiger partial charge in [0.1, 0.15) is 5.82 Å². The van der Waals surface area contributed by atoms with Gasteiger partial charge in [-0.05, 0) is 77.0 Å². The minimum atomic E-state index is -0.290. The van der Waals surface area contributed by atoms with Crippen LogP contribution in [0.1, 0.15) is 59.8 Å². The molecule has 0 aliphatic carbocycles. The largest absolute Gasteiger partial charge is 0.345 e. The van der Waals surface area contributed by atoms with E-state index in [4.69, 9.17) is 0 Å². The highest BCUT2D eigenvalue weighted by molar-refractivity contribution is 7.99. The molecule has 4 rings (SSSR count). The highest BCUT2D eigenvalue weighted by Crippen LogP contribution is 2.30. The van der Waals surface area contributed by atoms with Crippen molar-refractivity contribution < 1.29 is 9.18 Å². The number of Topliss-reactive ketones (excluding diaryl/α,β-unsaturated/α-hetero) is 1. The number of carbonyl (C=O) groups is 1. The number of hydrogen-bond acceptors (Lipinski definition) is 5. The zero-order chi connectivity index (χ0) is 24.2. The zero-order valence-electron chi connectivity index (χ0n) is 20.1. The minimum Gasteiger partial charge on any atom is -0.345 e. The molecular formula is C26H32FN5OS. The number of carbonyl (C=O) groups excluding carboxylic acids is 1. The highest BCUT2D eigenvalue weighted by Gasteiger charge is 2.26. The van der Waals surface area contributed by atoms with Crippen LogP contribution in [-0.4, -0.2) is 48.9 Å². The van der Waals surface area contributed by atoms with Gasteiger partial charge >= 0.3 is 0 Å².